The molecule has 0 spiro atoms. The van der Waals surface area contributed by atoms with E-state index in [-0.39, 0.29) is 43.5 Å². The van der Waals surface area contributed by atoms with Gasteiger partial charge in [0.2, 0.25) is 11.8 Å². The molecular formula is C34H45FN6O7. The van der Waals surface area contributed by atoms with Crippen molar-refractivity contribution in [2.75, 3.05) is 69.7 Å². The number of hydrogen-bond acceptors (Lipinski definition) is 9. The van der Waals surface area contributed by atoms with Crippen LogP contribution in [-0.2, 0) is 25.6 Å². The van der Waals surface area contributed by atoms with Crippen molar-refractivity contribution in [1.29, 1.82) is 0 Å². The van der Waals surface area contributed by atoms with E-state index in [9.17, 15) is 24.0 Å². The Bertz CT molecular complexity index is 1490. The first kappa shape index (κ1) is 36.1. The molecule has 2 aliphatic rings. The number of piperazine rings is 1. The van der Waals surface area contributed by atoms with E-state index >= 15 is 4.39 Å². The Morgan fingerprint density at radius 3 is 2.29 bits per heavy atom. The number of nitrogens with zero attached hydrogens (tertiary/aromatic N) is 4. The SMILES string of the molecule is CN(C)CC(=O)NCc1ccc(C(=O)CCC(=O)N2CCN(c3ccc(N4C[C@H](CNC(=O)OC(C)(C)C)OC4=O)cc3F)CC2)cc1. The Morgan fingerprint density at radius 2 is 1.67 bits per heavy atom. The van der Waals surface area contributed by atoms with Crippen molar-refractivity contribution in [3.8, 4) is 0 Å². The fraction of sp³-hybridized carbons (Fsp3) is 0.500. The summed E-state index contributed by atoms with van der Waals surface area (Å²) in [7, 11) is 3.63. The highest BCUT2D eigenvalue weighted by Crippen LogP contribution is 2.29. The molecule has 2 saturated heterocycles. The molecule has 48 heavy (non-hydrogen) atoms. The first-order chi connectivity index (χ1) is 22.7. The molecule has 2 N–H and O–H groups in total. The molecular weight excluding hydrogens is 623 g/mol. The minimum absolute atomic E-state index is 0.0572. The van der Waals surface area contributed by atoms with Crippen LogP contribution in [0.5, 0.6) is 0 Å². The summed E-state index contributed by atoms with van der Waals surface area (Å²) >= 11 is 0. The third kappa shape index (κ3) is 10.4. The largest absolute Gasteiger partial charge is 0.444 e. The first-order valence-electron chi connectivity index (χ1n) is 16.0. The second-order valence-corrected chi connectivity index (χ2v) is 13.1. The van der Waals surface area contributed by atoms with Gasteiger partial charge in [-0.25, -0.2) is 14.0 Å². The standard InChI is InChI=1S/C34H45FN6O7/c1-34(2,3)48-32(45)37-20-26-21-41(33(46)47-26)25-10-11-28(27(35)18-25)39-14-16-40(17-15-39)31(44)13-12-29(42)24-8-6-23(7-9-24)19-36-30(43)22-38(4)5/h6-11,18,26H,12-17,19-22H2,1-5H3,(H,36,43)(H,37,45)/t26-/m0/s1. The second-order valence-electron chi connectivity index (χ2n) is 13.1. The lowest BCUT2D eigenvalue weighted by Crippen LogP contribution is -2.49. The number of halogens is 1. The van der Waals surface area contributed by atoms with E-state index in [0.717, 1.165) is 5.56 Å². The van der Waals surface area contributed by atoms with Crippen molar-refractivity contribution in [1.82, 2.24) is 20.4 Å². The fourth-order valence-electron chi connectivity index (χ4n) is 5.34. The highest BCUT2D eigenvalue weighted by molar-refractivity contribution is 5.98. The summed E-state index contributed by atoms with van der Waals surface area (Å²) in [5.74, 6) is -0.875. The normalized spacial score (nSPS) is 16.5. The smallest absolute Gasteiger partial charge is 0.414 e. The van der Waals surface area contributed by atoms with E-state index in [4.69, 9.17) is 9.47 Å². The molecule has 260 valence electrons. The number of ether oxygens (including phenoxy) is 2. The Kier molecular flexibility index (Phi) is 12.0. The van der Waals surface area contributed by atoms with Crippen molar-refractivity contribution in [3.63, 3.8) is 0 Å². The Labute approximate surface area is 280 Å². The highest BCUT2D eigenvalue weighted by atomic mass is 19.1. The number of anilines is 2. The number of amides is 4. The predicted molar refractivity (Wildman–Crippen MR) is 177 cm³/mol. The maximum atomic E-state index is 15.3. The number of carbonyl (C=O) groups excluding carboxylic acids is 5. The Hall–Kier alpha value is -4.72. The molecule has 14 heteroatoms. The van der Waals surface area contributed by atoms with Crippen molar-refractivity contribution < 1.29 is 37.8 Å². The lowest BCUT2D eigenvalue weighted by molar-refractivity contribution is -0.131. The van der Waals surface area contributed by atoms with E-state index in [2.05, 4.69) is 10.6 Å². The van der Waals surface area contributed by atoms with Gasteiger partial charge in [-0.1, -0.05) is 24.3 Å². The molecule has 13 nitrogen and oxygen atoms in total. The number of cyclic esters (lactones) is 1. The summed E-state index contributed by atoms with van der Waals surface area (Å²) in [6.07, 6.45) is -1.73. The maximum Gasteiger partial charge on any atom is 0.414 e. The number of hydrogen-bond donors (Lipinski definition) is 2. The minimum atomic E-state index is -0.658. The van der Waals surface area contributed by atoms with Crippen LogP contribution in [0, 0.1) is 5.82 Å². The molecule has 4 rings (SSSR count). The number of Topliss-reactive ketones (excluding diaryl/α,β-unsaturated/α-hetero) is 1. The van der Waals surface area contributed by atoms with Crippen molar-refractivity contribution in [2.24, 2.45) is 0 Å². The quantitative estimate of drug-likeness (QED) is 0.327. The van der Waals surface area contributed by atoms with E-state index in [1.165, 1.54) is 11.0 Å². The van der Waals surface area contributed by atoms with Crippen LogP contribution in [0.25, 0.3) is 0 Å². The third-order valence-corrected chi connectivity index (χ3v) is 7.75. The summed E-state index contributed by atoms with van der Waals surface area (Å²) in [5.41, 5.74) is 1.41. The summed E-state index contributed by atoms with van der Waals surface area (Å²) < 4.78 is 25.8. The fourth-order valence-corrected chi connectivity index (χ4v) is 5.34. The van der Waals surface area contributed by atoms with Gasteiger partial charge in [0.05, 0.1) is 31.0 Å². The number of ketones is 1. The molecule has 4 amide bonds. The molecule has 2 aromatic rings. The van der Waals surface area contributed by atoms with E-state index in [1.807, 2.05) is 19.0 Å². The molecule has 0 unspecified atom stereocenters. The molecule has 0 bridgehead atoms. The zero-order chi connectivity index (χ0) is 35.0. The van der Waals surface area contributed by atoms with Gasteiger partial charge >= 0.3 is 12.2 Å². The monoisotopic (exact) mass is 668 g/mol. The Morgan fingerprint density at radius 1 is 0.979 bits per heavy atom. The Balaban J connectivity index is 1.20. The number of rotatable bonds is 12. The van der Waals surface area contributed by atoms with Gasteiger partial charge in [0, 0.05) is 51.1 Å². The number of alkyl carbamates (subject to hydrolysis) is 1. The second kappa shape index (κ2) is 15.9. The molecule has 2 heterocycles. The van der Waals surface area contributed by atoms with Crippen molar-refractivity contribution in [2.45, 2.75) is 51.9 Å². The van der Waals surface area contributed by atoms with Gasteiger partial charge in [-0.3, -0.25) is 19.3 Å². The molecule has 1 atom stereocenters. The van der Waals surface area contributed by atoms with Crippen LogP contribution >= 0.6 is 0 Å². The molecule has 0 aromatic heterocycles. The third-order valence-electron chi connectivity index (χ3n) is 7.75. The van der Waals surface area contributed by atoms with E-state index < -0.39 is 29.7 Å². The zero-order valence-electron chi connectivity index (χ0n) is 28.2. The van der Waals surface area contributed by atoms with Gasteiger partial charge in [0.1, 0.15) is 17.5 Å². The van der Waals surface area contributed by atoms with Gasteiger partial charge < -0.3 is 34.8 Å². The zero-order valence-corrected chi connectivity index (χ0v) is 28.2. The van der Waals surface area contributed by atoms with Crippen LogP contribution < -0.4 is 20.4 Å². The molecule has 0 aliphatic carbocycles. The van der Waals surface area contributed by atoms with E-state index in [0.29, 0.717) is 56.2 Å². The van der Waals surface area contributed by atoms with Crippen LogP contribution in [0.2, 0.25) is 0 Å². The minimum Gasteiger partial charge on any atom is -0.444 e. The van der Waals surface area contributed by atoms with E-state index in [1.54, 1.807) is 67.0 Å². The molecule has 0 radical (unpaired) electrons. The van der Waals surface area contributed by atoms with Crippen molar-refractivity contribution in [3.05, 3.63) is 59.4 Å². The van der Waals surface area contributed by atoms with Gasteiger partial charge in [0.25, 0.3) is 0 Å². The predicted octanol–water partition coefficient (Wildman–Crippen LogP) is 3.17. The summed E-state index contributed by atoms with van der Waals surface area (Å²) in [5, 5.41) is 5.41. The first-order valence-corrected chi connectivity index (χ1v) is 16.0. The number of likely N-dealkylation sites (N-methyl/N-ethyl adjacent to an activating group) is 1. The van der Waals surface area contributed by atoms with Gasteiger partial charge in [-0.15, -0.1) is 0 Å². The van der Waals surface area contributed by atoms with Gasteiger partial charge in [-0.2, -0.15) is 0 Å². The lowest BCUT2D eigenvalue weighted by atomic mass is 10.0. The highest BCUT2D eigenvalue weighted by Gasteiger charge is 2.34. The van der Waals surface area contributed by atoms with Crippen LogP contribution in [0.1, 0.15) is 49.5 Å². The summed E-state index contributed by atoms with van der Waals surface area (Å²) in [6.45, 7) is 7.67. The maximum absolute atomic E-state index is 15.3. The molecule has 2 aliphatic heterocycles. The lowest BCUT2D eigenvalue weighted by Gasteiger charge is -2.36. The van der Waals surface area contributed by atoms with Gasteiger partial charge in [0.15, 0.2) is 5.78 Å². The number of benzene rings is 2. The molecule has 2 aromatic carbocycles. The van der Waals surface area contributed by atoms with Crippen molar-refractivity contribution >= 4 is 41.2 Å². The van der Waals surface area contributed by atoms with Crippen LogP contribution in [0.15, 0.2) is 42.5 Å². The molecule has 0 saturated carbocycles. The molecule has 2 fully saturated rings. The number of nitrogens with one attached hydrogen (secondary N) is 2. The summed E-state index contributed by atoms with van der Waals surface area (Å²) in [4.78, 5) is 68.4. The topological polar surface area (TPSA) is 141 Å². The van der Waals surface area contributed by atoms with Gasteiger partial charge in [-0.05, 0) is 58.6 Å². The average molecular weight is 669 g/mol. The average Bonchev–Trinajstić information content (AvgIpc) is 3.41. The van der Waals surface area contributed by atoms with Crippen LogP contribution in [0.3, 0.4) is 0 Å². The summed E-state index contributed by atoms with van der Waals surface area (Å²) in [6, 6.07) is 11.5. The van der Waals surface area contributed by atoms with Crippen LogP contribution in [-0.4, -0.2) is 111 Å². The number of carbonyl (C=O) groups is 5. The van der Waals surface area contributed by atoms with Crippen LogP contribution in [0.4, 0.5) is 25.4 Å².